The van der Waals surface area contributed by atoms with E-state index >= 15 is 0 Å². The number of hydrogen-bond acceptors (Lipinski definition) is 3. The monoisotopic (exact) mass is 440 g/mol. The molecule has 3 aromatic rings. The Morgan fingerprint density at radius 1 is 0.969 bits per heavy atom. The van der Waals surface area contributed by atoms with Crippen LogP contribution >= 0.6 is 0 Å². The zero-order valence-electron chi connectivity index (χ0n) is 16.7. The van der Waals surface area contributed by atoms with Crippen molar-refractivity contribution in [2.75, 3.05) is 5.32 Å². The molecule has 0 radical (unpaired) electrons. The van der Waals surface area contributed by atoms with Gasteiger partial charge in [-0.05, 0) is 60.7 Å². The molecule has 6 nitrogen and oxygen atoms in total. The van der Waals surface area contributed by atoms with E-state index in [-0.39, 0.29) is 22.9 Å². The number of benzene rings is 2. The molecule has 0 aliphatic heterocycles. The second kappa shape index (κ2) is 8.70. The maximum Gasteiger partial charge on any atom is 0.416 e. The molecule has 0 bridgehead atoms. The molecule has 9 heteroatoms. The molecule has 2 aromatic carbocycles. The summed E-state index contributed by atoms with van der Waals surface area (Å²) < 4.78 is 38.4. The van der Waals surface area contributed by atoms with Crippen molar-refractivity contribution in [1.82, 2.24) is 10.3 Å². The molecule has 164 valence electrons. The highest BCUT2D eigenvalue weighted by atomic mass is 19.4. The van der Waals surface area contributed by atoms with Crippen LogP contribution in [-0.2, 0) is 6.18 Å². The van der Waals surface area contributed by atoms with Crippen molar-refractivity contribution in [2.24, 2.45) is 4.99 Å². The quantitative estimate of drug-likeness (QED) is 0.402. The Bertz CT molecular complexity index is 1210. The van der Waals surface area contributed by atoms with Gasteiger partial charge in [-0.15, -0.1) is 0 Å². The Balaban J connectivity index is 1.62. The number of amides is 1. The second-order valence-corrected chi connectivity index (χ2v) is 7.38. The standard InChI is InChI=1S/C23H19F3N4O2/c24-23(25,26)16-12-10-15(11-13-16)21(32)30-22(29-19-6-3-7-20(31)28-19)27-18-5-2-1-4-17(18)14-8-9-14/h1-7,10-14H,8-9H2,(H3,27,28,29,30,31,32). The lowest BCUT2D eigenvalue weighted by molar-refractivity contribution is -0.137. The second-order valence-electron chi connectivity index (χ2n) is 7.38. The van der Waals surface area contributed by atoms with Crippen LogP contribution in [0, 0.1) is 0 Å². The molecule has 1 aliphatic rings. The molecular weight excluding hydrogens is 421 g/mol. The Kier molecular flexibility index (Phi) is 5.81. The number of aromatic amines is 1. The summed E-state index contributed by atoms with van der Waals surface area (Å²) in [6.07, 6.45) is -2.36. The molecule has 32 heavy (non-hydrogen) atoms. The van der Waals surface area contributed by atoms with Gasteiger partial charge in [-0.3, -0.25) is 14.9 Å². The van der Waals surface area contributed by atoms with E-state index in [1.165, 1.54) is 12.1 Å². The number of alkyl halides is 3. The SMILES string of the molecule is O=C(N/C(=N/c1cccc(=O)[nH]1)Nc1ccccc1C1CC1)c1ccc(C(F)(F)F)cc1. The average Bonchev–Trinajstić information content (AvgIpc) is 3.59. The number of aliphatic imine (C=N–C) groups is 1. The number of aromatic nitrogens is 1. The minimum absolute atomic E-state index is 0.0320. The average molecular weight is 440 g/mol. The van der Waals surface area contributed by atoms with Gasteiger partial charge in [-0.2, -0.15) is 18.2 Å². The molecule has 0 unspecified atom stereocenters. The van der Waals surface area contributed by atoms with Gasteiger partial charge in [0, 0.05) is 17.3 Å². The number of para-hydroxylation sites is 1. The summed E-state index contributed by atoms with van der Waals surface area (Å²) >= 11 is 0. The summed E-state index contributed by atoms with van der Waals surface area (Å²) in [5.41, 5.74) is 0.647. The molecule has 0 spiro atoms. The lowest BCUT2D eigenvalue weighted by Gasteiger charge is -2.15. The highest BCUT2D eigenvalue weighted by Crippen LogP contribution is 2.43. The number of hydrogen-bond donors (Lipinski definition) is 3. The highest BCUT2D eigenvalue weighted by molar-refractivity contribution is 6.10. The van der Waals surface area contributed by atoms with Gasteiger partial charge >= 0.3 is 6.18 Å². The molecule has 4 rings (SSSR count). The first-order chi connectivity index (χ1) is 15.3. The van der Waals surface area contributed by atoms with E-state index in [9.17, 15) is 22.8 Å². The van der Waals surface area contributed by atoms with E-state index in [2.05, 4.69) is 20.6 Å². The third kappa shape index (κ3) is 5.23. The molecule has 1 saturated carbocycles. The van der Waals surface area contributed by atoms with Crippen LogP contribution in [0.2, 0.25) is 0 Å². The van der Waals surface area contributed by atoms with Gasteiger partial charge in [0.2, 0.25) is 11.5 Å². The number of anilines is 1. The number of pyridine rings is 1. The van der Waals surface area contributed by atoms with Crippen LogP contribution in [0.15, 0.2) is 76.5 Å². The molecule has 1 heterocycles. The first-order valence-electron chi connectivity index (χ1n) is 9.92. The smallest absolute Gasteiger partial charge is 0.325 e. The molecule has 1 fully saturated rings. The molecule has 1 amide bonds. The molecule has 3 N–H and O–H groups in total. The van der Waals surface area contributed by atoms with E-state index in [4.69, 9.17) is 0 Å². The normalized spacial score (nSPS) is 14.2. The predicted octanol–water partition coefficient (Wildman–Crippen LogP) is 4.80. The summed E-state index contributed by atoms with van der Waals surface area (Å²) in [5, 5.41) is 5.68. The number of carbonyl (C=O) groups is 1. The van der Waals surface area contributed by atoms with Crippen molar-refractivity contribution in [1.29, 1.82) is 0 Å². The van der Waals surface area contributed by atoms with Crippen molar-refractivity contribution in [3.63, 3.8) is 0 Å². The number of rotatable bonds is 4. The highest BCUT2D eigenvalue weighted by Gasteiger charge is 2.30. The van der Waals surface area contributed by atoms with Gasteiger partial charge < -0.3 is 10.3 Å². The molecule has 0 atom stereocenters. The summed E-state index contributed by atoms with van der Waals surface area (Å²) in [6.45, 7) is 0. The summed E-state index contributed by atoms with van der Waals surface area (Å²) in [6, 6.07) is 15.9. The van der Waals surface area contributed by atoms with Crippen LogP contribution in [0.3, 0.4) is 0 Å². The minimum Gasteiger partial charge on any atom is -0.325 e. The fourth-order valence-electron chi connectivity index (χ4n) is 3.19. The van der Waals surface area contributed by atoms with Crippen molar-refractivity contribution < 1.29 is 18.0 Å². The third-order valence-electron chi connectivity index (χ3n) is 4.92. The first-order valence-corrected chi connectivity index (χ1v) is 9.92. The Morgan fingerprint density at radius 3 is 2.34 bits per heavy atom. The van der Waals surface area contributed by atoms with Crippen molar-refractivity contribution >= 4 is 23.4 Å². The number of nitrogens with zero attached hydrogens (tertiary/aromatic N) is 1. The van der Waals surface area contributed by atoms with Gasteiger partial charge in [-0.25, -0.2) is 0 Å². The molecule has 1 aliphatic carbocycles. The predicted molar refractivity (Wildman–Crippen MR) is 115 cm³/mol. The maximum absolute atomic E-state index is 12.8. The summed E-state index contributed by atoms with van der Waals surface area (Å²) in [4.78, 5) is 31.2. The lowest BCUT2D eigenvalue weighted by Crippen LogP contribution is -2.36. The fraction of sp³-hybridized carbons (Fsp3) is 0.174. The topological polar surface area (TPSA) is 86.3 Å². The molecule has 0 saturated heterocycles. The van der Waals surface area contributed by atoms with Gasteiger partial charge in [0.15, 0.2) is 0 Å². The zero-order valence-corrected chi connectivity index (χ0v) is 16.7. The summed E-state index contributed by atoms with van der Waals surface area (Å²) in [7, 11) is 0. The summed E-state index contributed by atoms with van der Waals surface area (Å²) in [5.74, 6) is 0.00993. The van der Waals surface area contributed by atoms with E-state index in [0.29, 0.717) is 5.92 Å². The van der Waals surface area contributed by atoms with E-state index in [1.54, 1.807) is 6.07 Å². The first kappa shape index (κ1) is 21.4. The number of carbonyl (C=O) groups excluding carboxylic acids is 1. The molecule has 1 aromatic heterocycles. The lowest BCUT2D eigenvalue weighted by atomic mass is 10.1. The van der Waals surface area contributed by atoms with Gasteiger partial charge in [-0.1, -0.05) is 24.3 Å². The van der Waals surface area contributed by atoms with Gasteiger partial charge in [0.25, 0.3) is 5.91 Å². The Labute approximate surface area is 181 Å². The molecular formula is C23H19F3N4O2. The number of nitrogens with one attached hydrogen (secondary N) is 3. The minimum atomic E-state index is -4.49. The third-order valence-corrected chi connectivity index (χ3v) is 4.92. The Hall–Kier alpha value is -3.88. The van der Waals surface area contributed by atoms with E-state index < -0.39 is 17.6 Å². The van der Waals surface area contributed by atoms with Gasteiger partial charge in [0.05, 0.1) is 5.56 Å². The fourth-order valence-corrected chi connectivity index (χ4v) is 3.19. The van der Waals surface area contributed by atoms with E-state index in [1.807, 2.05) is 24.3 Å². The van der Waals surface area contributed by atoms with Crippen LogP contribution in [-0.4, -0.2) is 16.9 Å². The van der Waals surface area contributed by atoms with Gasteiger partial charge in [0.1, 0.15) is 5.82 Å². The van der Waals surface area contributed by atoms with E-state index in [0.717, 1.165) is 48.4 Å². The number of guanidine groups is 1. The zero-order chi connectivity index (χ0) is 22.7. The van der Waals surface area contributed by atoms with Crippen LogP contribution in [0.25, 0.3) is 0 Å². The van der Waals surface area contributed by atoms with Crippen molar-refractivity contribution in [3.05, 3.63) is 93.8 Å². The van der Waals surface area contributed by atoms with Crippen LogP contribution in [0.5, 0.6) is 0 Å². The number of H-pyrrole nitrogens is 1. The number of halogens is 3. The van der Waals surface area contributed by atoms with Crippen LogP contribution < -0.4 is 16.2 Å². The largest absolute Gasteiger partial charge is 0.416 e. The van der Waals surface area contributed by atoms with Crippen molar-refractivity contribution in [2.45, 2.75) is 24.9 Å². The van der Waals surface area contributed by atoms with Crippen LogP contribution in [0.4, 0.5) is 24.7 Å². The van der Waals surface area contributed by atoms with Crippen molar-refractivity contribution in [3.8, 4) is 0 Å². The maximum atomic E-state index is 12.8. The Morgan fingerprint density at radius 2 is 1.69 bits per heavy atom. The van der Waals surface area contributed by atoms with Crippen LogP contribution in [0.1, 0.15) is 40.2 Å².